The number of rotatable bonds is 7. The van der Waals surface area contributed by atoms with Gasteiger partial charge in [0.2, 0.25) is 0 Å². The zero-order valence-corrected chi connectivity index (χ0v) is 11.5. The summed E-state index contributed by atoms with van der Waals surface area (Å²) in [6, 6.07) is 7.47. The minimum Gasteiger partial charge on any atom is -0.493 e. The Kier molecular flexibility index (Phi) is 4.73. The molecule has 6 nitrogen and oxygen atoms in total. The number of ether oxygens (including phenoxy) is 2. The van der Waals surface area contributed by atoms with Gasteiger partial charge in [0.1, 0.15) is 18.0 Å². The molecule has 2 aromatic rings. The summed E-state index contributed by atoms with van der Waals surface area (Å²) in [6.45, 7) is 4.91. The van der Waals surface area contributed by atoms with Crippen LogP contribution in [0.25, 0.3) is 0 Å². The van der Waals surface area contributed by atoms with E-state index >= 15 is 0 Å². The molecule has 1 heterocycles. The van der Waals surface area contributed by atoms with Crippen LogP contribution in [0.4, 0.5) is 0 Å². The Morgan fingerprint density at radius 3 is 2.75 bits per heavy atom. The van der Waals surface area contributed by atoms with Crippen LogP contribution in [-0.4, -0.2) is 22.1 Å². The number of nitrogens with two attached hydrogens (primary N) is 1. The molecule has 0 amide bonds. The van der Waals surface area contributed by atoms with Gasteiger partial charge in [-0.25, -0.2) is 4.68 Å². The highest BCUT2D eigenvalue weighted by atomic mass is 16.5. The van der Waals surface area contributed by atoms with Crippen molar-refractivity contribution in [3.05, 3.63) is 48.3 Å². The van der Waals surface area contributed by atoms with Gasteiger partial charge >= 0.3 is 0 Å². The van der Waals surface area contributed by atoms with Gasteiger partial charge in [0.25, 0.3) is 0 Å². The van der Waals surface area contributed by atoms with E-state index in [1.807, 2.05) is 24.3 Å². The zero-order valence-electron chi connectivity index (χ0n) is 11.5. The molecule has 0 fully saturated rings. The van der Waals surface area contributed by atoms with Gasteiger partial charge in [-0.05, 0) is 12.1 Å². The van der Waals surface area contributed by atoms with E-state index in [2.05, 4.69) is 16.9 Å². The van der Waals surface area contributed by atoms with Crippen molar-refractivity contribution >= 4 is 0 Å². The Bertz CT molecular complexity index is 580. The average Bonchev–Trinajstić information content (AvgIpc) is 2.88. The fourth-order valence-electron chi connectivity index (χ4n) is 1.84. The van der Waals surface area contributed by atoms with Gasteiger partial charge in [-0.2, -0.15) is 0 Å². The first-order chi connectivity index (χ1) is 9.80. The van der Waals surface area contributed by atoms with Gasteiger partial charge in [0.05, 0.1) is 13.7 Å². The summed E-state index contributed by atoms with van der Waals surface area (Å²) < 4.78 is 12.8. The van der Waals surface area contributed by atoms with Crippen molar-refractivity contribution in [3.63, 3.8) is 0 Å². The summed E-state index contributed by atoms with van der Waals surface area (Å²) in [5.41, 5.74) is 7.23. The highest BCUT2D eigenvalue weighted by molar-refractivity contribution is 5.39. The monoisotopic (exact) mass is 274 g/mol. The number of methoxy groups -OCH3 is 1. The van der Waals surface area contributed by atoms with E-state index in [0.29, 0.717) is 31.2 Å². The number of para-hydroxylation sites is 2. The average molecular weight is 274 g/mol. The summed E-state index contributed by atoms with van der Waals surface area (Å²) in [7, 11) is 1.61. The molecule has 1 aromatic carbocycles. The third-order valence-corrected chi connectivity index (χ3v) is 2.85. The molecule has 0 saturated heterocycles. The molecule has 0 bridgehead atoms. The van der Waals surface area contributed by atoms with E-state index in [1.54, 1.807) is 17.9 Å². The minimum atomic E-state index is 0.321. The highest BCUT2D eigenvalue weighted by Gasteiger charge is 2.12. The van der Waals surface area contributed by atoms with E-state index in [1.165, 1.54) is 0 Å². The smallest absolute Gasteiger partial charge is 0.161 e. The van der Waals surface area contributed by atoms with Crippen molar-refractivity contribution in [2.75, 3.05) is 7.11 Å². The van der Waals surface area contributed by atoms with Crippen LogP contribution in [0.15, 0.2) is 36.9 Å². The largest absolute Gasteiger partial charge is 0.493 e. The van der Waals surface area contributed by atoms with Gasteiger partial charge in [-0.3, -0.25) is 0 Å². The second-order valence-electron chi connectivity index (χ2n) is 4.10. The highest BCUT2D eigenvalue weighted by Crippen LogP contribution is 2.26. The third kappa shape index (κ3) is 2.97. The maximum absolute atomic E-state index is 5.79. The first-order valence-electron chi connectivity index (χ1n) is 6.28. The molecule has 0 aliphatic carbocycles. The van der Waals surface area contributed by atoms with Crippen LogP contribution in [0.5, 0.6) is 11.5 Å². The molecule has 0 atom stereocenters. The normalized spacial score (nSPS) is 10.3. The number of allylic oxidation sites excluding steroid dienone is 1. The van der Waals surface area contributed by atoms with Crippen molar-refractivity contribution in [2.45, 2.75) is 19.7 Å². The maximum Gasteiger partial charge on any atom is 0.161 e. The first kappa shape index (κ1) is 14.1. The third-order valence-electron chi connectivity index (χ3n) is 2.85. The van der Waals surface area contributed by atoms with E-state index in [9.17, 15) is 0 Å². The maximum atomic E-state index is 5.79. The molecule has 0 radical (unpaired) electrons. The molecule has 0 unspecified atom stereocenters. The van der Waals surface area contributed by atoms with Crippen molar-refractivity contribution in [3.8, 4) is 11.5 Å². The van der Waals surface area contributed by atoms with Crippen LogP contribution < -0.4 is 15.2 Å². The van der Waals surface area contributed by atoms with Crippen molar-refractivity contribution in [1.82, 2.24) is 15.0 Å². The number of aromatic nitrogens is 3. The van der Waals surface area contributed by atoms with E-state index in [0.717, 1.165) is 11.4 Å². The molecule has 0 saturated carbocycles. The lowest BCUT2D eigenvalue weighted by molar-refractivity contribution is 0.273. The lowest BCUT2D eigenvalue weighted by Crippen LogP contribution is -2.10. The van der Waals surface area contributed by atoms with Crippen LogP contribution >= 0.6 is 0 Å². The van der Waals surface area contributed by atoms with Crippen molar-refractivity contribution in [1.29, 1.82) is 0 Å². The van der Waals surface area contributed by atoms with Gasteiger partial charge in [-0.1, -0.05) is 23.4 Å². The molecular formula is C14H18N4O2. The Hall–Kier alpha value is -2.34. The molecular weight excluding hydrogens is 256 g/mol. The lowest BCUT2D eigenvalue weighted by Gasteiger charge is -2.11. The van der Waals surface area contributed by atoms with Crippen LogP contribution in [0.3, 0.4) is 0 Å². The predicted octanol–water partition coefficient (Wildman–Crippen LogP) is 1.51. The summed E-state index contributed by atoms with van der Waals surface area (Å²) in [6.07, 6.45) is 1.75. The predicted molar refractivity (Wildman–Crippen MR) is 75.4 cm³/mol. The molecule has 106 valence electrons. The van der Waals surface area contributed by atoms with Gasteiger partial charge in [-0.15, -0.1) is 11.7 Å². The molecule has 0 spiro atoms. The molecule has 6 heteroatoms. The number of benzene rings is 1. The number of nitrogens with zero attached hydrogens (tertiary/aromatic N) is 3. The Balaban J connectivity index is 2.17. The second kappa shape index (κ2) is 6.72. The molecule has 2 N–H and O–H groups in total. The number of hydrogen-bond donors (Lipinski definition) is 1. The molecule has 0 aliphatic rings. The summed E-state index contributed by atoms with van der Waals surface area (Å²) >= 11 is 0. The number of hydrogen-bond acceptors (Lipinski definition) is 5. The quantitative estimate of drug-likeness (QED) is 0.775. The zero-order chi connectivity index (χ0) is 14.4. The van der Waals surface area contributed by atoms with Gasteiger partial charge in [0, 0.05) is 6.54 Å². The molecule has 2 rings (SSSR count). The SMILES string of the molecule is C=CCn1nnc(CN)c1COc1ccccc1OC. The fraction of sp³-hybridized carbons (Fsp3) is 0.286. The van der Waals surface area contributed by atoms with Gasteiger partial charge < -0.3 is 15.2 Å². The molecule has 0 aliphatic heterocycles. The molecule has 1 aromatic heterocycles. The Labute approximate surface area is 117 Å². The van der Waals surface area contributed by atoms with Crippen LogP contribution in [0.1, 0.15) is 11.4 Å². The van der Waals surface area contributed by atoms with Crippen LogP contribution in [0.2, 0.25) is 0 Å². The molecule has 20 heavy (non-hydrogen) atoms. The van der Waals surface area contributed by atoms with Gasteiger partial charge in [0.15, 0.2) is 11.5 Å². The summed E-state index contributed by atoms with van der Waals surface area (Å²) in [5.74, 6) is 1.36. The van der Waals surface area contributed by atoms with E-state index in [4.69, 9.17) is 15.2 Å². The van der Waals surface area contributed by atoms with Crippen molar-refractivity contribution < 1.29 is 9.47 Å². The second-order valence-corrected chi connectivity index (χ2v) is 4.10. The lowest BCUT2D eigenvalue weighted by atomic mass is 10.3. The van der Waals surface area contributed by atoms with Crippen LogP contribution in [-0.2, 0) is 19.7 Å². The van der Waals surface area contributed by atoms with E-state index < -0.39 is 0 Å². The summed E-state index contributed by atoms with van der Waals surface area (Å²) in [5, 5.41) is 8.07. The topological polar surface area (TPSA) is 75.2 Å². The minimum absolute atomic E-state index is 0.321. The van der Waals surface area contributed by atoms with Crippen molar-refractivity contribution in [2.24, 2.45) is 5.73 Å². The van der Waals surface area contributed by atoms with E-state index in [-0.39, 0.29) is 0 Å². The summed E-state index contributed by atoms with van der Waals surface area (Å²) in [4.78, 5) is 0. The standard InChI is InChI=1S/C14H18N4O2/c1-3-8-18-12(11(9-15)16-17-18)10-20-14-7-5-4-6-13(14)19-2/h3-7H,1,8-10,15H2,2H3. The fourth-order valence-corrected chi connectivity index (χ4v) is 1.84. The Morgan fingerprint density at radius 2 is 2.10 bits per heavy atom. The van der Waals surface area contributed by atoms with Crippen LogP contribution in [0, 0.1) is 0 Å². The Morgan fingerprint density at radius 1 is 1.35 bits per heavy atom. The first-order valence-corrected chi connectivity index (χ1v) is 6.28.